The van der Waals surface area contributed by atoms with Gasteiger partial charge in [0.25, 0.3) is 0 Å². The van der Waals surface area contributed by atoms with Crippen molar-refractivity contribution >= 4 is 11.9 Å². The molecule has 2 aliphatic carbocycles. The van der Waals surface area contributed by atoms with Crippen molar-refractivity contribution in [2.75, 3.05) is 0 Å². The van der Waals surface area contributed by atoms with E-state index in [0.29, 0.717) is 6.42 Å². The third-order valence-electron chi connectivity index (χ3n) is 6.25. The molecule has 0 radical (unpaired) electrons. The van der Waals surface area contributed by atoms with Gasteiger partial charge in [-0.05, 0) is 60.8 Å². The molecule has 0 aromatic rings. The molecule has 2 saturated carbocycles. The Morgan fingerprint density at radius 2 is 1.92 bits per heavy atom. The van der Waals surface area contributed by atoms with Crippen molar-refractivity contribution in [3.63, 3.8) is 0 Å². The molecule has 24 heavy (non-hydrogen) atoms. The van der Waals surface area contributed by atoms with Crippen molar-refractivity contribution in [1.82, 2.24) is 0 Å². The van der Waals surface area contributed by atoms with Crippen LogP contribution in [0.3, 0.4) is 0 Å². The van der Waals surface area contributed by atoms with Crippen molar-refractivity contribution in [3.05, 3.63) is 12.2 Å². The second-order valence-corrected chi connectivity index (χ2v) is 8.56. The van der Waals surface area contributed by atoms with Gasteiger partial charge in [-0.1, -0.05) is 34.3 Å². The summed E-state index contributed by atoms with van der Waals surface area (Å²) in [6, 6.07) is 0. The molecule has 2 fully saturated rings. The van der Waals surface area contributed by atoms with Crippen LogP contribution in [-0.2, 0) is 14.3 Å². The van der Waals surface area contributed by atoms with E-state index in [4.69, 9.17) is 4.74 Å². The molecule has 5 atom stereocenters. The van der Waals surface area contributed by atoms with Gasteiger partial charge in [0.1, 0.15) is 6.10 Å². The summed E-state index contributed by atoms with van der Waals surface area (Å²) >= 11 is 0. The van der Waals surface area contributed by atoms with Crippen LogP contribution in [0.25, 0.3) is 0 Å². The standard InChI is InChI=1S/C20H32O4/c1-12(2)10-18(21)24-17-7-9-20(5)8-6-15(13(3)19(22)23)11-16(20)14(17)4/h12-13,15-17H,4,6-11H2,1-3,5H3,(H,22,23). The van der Waals surface area contributed by atoms with Crippen molar-refractivity contribution in [1.29, 1.82) is 0 Å². The number of rotatable bonds is 5. The predicted octanol–water partition coefficient (Wildman–Crippen LogP) is 4.44. The van der Waals surface area contributed by atoms with Crippen molar-refractivity contribution < 1.29 is 19.4 Å². The minimum atomic E-state index is -0.718. The molecule has 0 aromatic heterocycles. The lowest BCUT2D eigenvalue weighted by atomic mass is 9.55. The number of ether oxygens (including phenoxy) is 1. The van der Waals surface area contributed by atoms with E-state index in [9.17, 15) is 14.7 Å². The molecule has 0 spiro atoms. The van der Waals surface area contributed by atoms with Gasteiger partial charge in [0.05, 0.1) is 5.92 Å². The lowest BCUT2D eigenvalue weighted by Crippen LogP contribution is -2.45. The van der Waals surface area contributed by atoms with Gasteiger partial charge in [0, 0.05) is 6.42 Å². The number of carboxylic acids is 1. The second kappa shape index (κ2) is 7.28. The van der Waals surface area contributed by atoms with Gasteiger partial charge in [-0.3, -0.25) is 9.59 Å². The third kappa shape index (κ3) is 4.01. The Kier molecular flexibility index (Phi) is 5.77. The Morgan fingerprint density at radius 3 is 2.50 bits per heavy atom. The Bertz CT molecular complexity index is 510. The molecule has 5 unspecified atom stereocenters. The number of carbonyl (C=O) groups is 2. The Hall–Kier alpha value is -1.32. The van der Waals surface area contributed by atoms with Crippen LogP contribution < -0.4 is 0 Å². The summed E-state index contributed by atoms with van der Waals surface area (Å²) in [5.41, 5.74) is 1.18. The normalized spacial score (nSPS) is 34.5. The minimum Gasteiger partial charge on any atom is -0.481 e. The summed E-state index contributed by atoms with van der Waals surface area (Å²) < 4.78 is 5.70. The first-order valence-electron chi connectivity index (χ1n) is 9.25. The molecule has 0 heterocycles. The highest BCUT2D eigenvalue weighted by Gasteiger charge is 2.48. The highest BCUT2D eigenvalue weighted by atomic mass is 16.5. The molecule has 1 N–H and O–H groups in total. The van der Waals surface area contributed by atoms with Crippen LogP contribution in [0.1, 0.15) is 66.2 Å². The zero-order valence-electron chi connectivity index (χ0n) is 15.5. The van der Waals surface area contributed by atoms with Gasteiger partial charge in [-0.15, -0.1) is 0 Å². The predicted molar refractivity (Wildman–Crippen MR) is 93.4 cm³/mol. The lowest BCUT2D eigenvalue weighted by Gasteiger charge is -2.51. The third-order valence-corrected chi connectivity index (χ3v) is 6.25. The fourth-order valence-corrected chi connectivity index (χ4v) is 4.49. The van der Waals surface area contributed by atoms with Crippen LogP contribution in [0.5, 0.6) is 0 Å². The summed E-state index contributed by atoms with van der Waals surface area (Å²) in [4.78, 5) is 23.4. The number of esters is 1. The molecule has 0 amide bonds. The minimum absolute atomic E-state index is 0.147. The average Bonchev–Trinajstić information content (AvgIpc) is 2.48. The van der Waals surface area contributed by atoms with Crippen LogP contribution in [0.4, 0.5) is 0 Å². The van der Waals surface area contributed by atoms with Gasteiger partial charge in [-0.25, -0.2) is 0 Å². The summed E-state index contributed by atoms with van der Waals surface area (Å²) in [6.45, 7) is 12.4. The second-order valence-electron chi connectivity index (χ2n) is 8.56. The van der Waals surface area contributed by atoms with E-state index in [0.717, 1.165) is 37.7 Å². The maximum Gasteiger partial charge on any atom is 0.306 e. The summed E-state index contributed by atoms with van der Waals surface area (Å²) in [5.74, 6) is -0.469. The first-order valence-corrected chi connectivity index (χ1v) is 9.25. The van der Waals surface area contributed by atoms with Crippen LogP contribution in [0, 0.1) is 29.1 Å². The van der Waals surface area contributed by atoms with Gasteiger partial charge < -0.3 is 9.84 Å². The smallest absolute Gasteiger partial charge is 0.306 e. The maximum atomic E-state index is 12.0. The Balaban J connectivity index is 2.07. The molecule has 4 heteroatoms. The summed E-state index contributed by atoms with van der Waals surface area (Å²) in [7, 11) is 0. The number of fused-ring (bicyclic) bond motifs is 1. The van der Waals surface area contributed by atoms with E-state index in [1.54, 1.807) is 6.92 Å². The zero-order valence-corrected chi connectivity index (χ0v) is 15.5. The van der Waals surface area contributed by atoms with Gasteiger partial charge in [-0.2, -0.15) is 0 Å². The topological polar surface area (TPSA) is 63.6 Å². The Labute approximate surface area is 145 Å². The van der Waals surface area contributed by atoms with E-state index >= 15 is 0 Å². The van der Waals surface area contributed by atoms with Crippen molar-refractivity contribution in [2.24, 2.45) is 29.1 Å². The van der Waals surface area contributed by atoms with E-state index in [1.807, 2.05) is 13.8 Å². The number of carbonyl (C=O) groups excluding carboxylic acids is 1. The van der Waals surface area contributed by atoms with Crippen LogP contribution in [0.2, 0.25) is 0 Å². The van der Waals surface area contributed by atoms with E-state index in [1.165, 1.54) is 0 Å². The maximum absolute atomic E-state index is 12.0. The molecule has 2 aliphatic rings. The number of aliphatic carboxylic acids is 1. The van der Waals surface area contributed by atoms with E-state index in [-0.39, 0.29) is 41.2 Å². The first-order chi connectivity index (χ1) is 11.1. The summed E-state index contributed by atoms with van der Waals surface area (Å²) in [5, 5.41) is 9.32. The number of hydrogen-bond acceptors (Lipinski definition) is 3. The fraction of sp³-hybridized carbons (Fsp3) is 0.800. The molecular formula is C20H32O4. The SMILES string of the molecule is C=C1C(OC(=O)CC(C)C)CCC2(C)CCC(C(C)C(=O)O)CC12. The first kappa shape index (κ1) is 19.0. The van der Waals surface area contributed by atoms with E-state index < -0.39 is 5.97 Å². The molecule has 136 valence electrons. The van der Waals surface area contributed by atoms with Crippen molar-refractivity contribution in [2.45, 2.75) is 72.3 Å². The molecular weight excluding hydrogens is 304 g/mol. The molecule has 0 saturated heterocycles. The lowest BCUT2D eigenvalue weighted by molar-refractivity contribution is -0.151. The Morgan fingerprint density at radius 1 is 1.29 bits per heavy atom. The van der Waals surface area contributed by atoms with E-state index in [2.05, 4.69) is 13.5 Å². The summed E-state index contributed by atoms with van der Waals surface area (Å²) in [6.07, 6.45) is 4.94. The fourth-order valence-electron chi connectivity index (χ4n) is 4.49. The van der Waals surface area contributed by atoms with Crippen molar-refractivity contribution in [3.8, 4) is 0 Å². The van der Waals surface area contributed by atoms with Crippen LogP contribution in [-0.4, -0.2) is 23.1 Å². The van der Waals surface area contributed by atoms with Crippen LogP contribution in [0.15, 0.2) is 12.2 Å². The molecule has 0 aromatic carbocycles. The van der Waals surface area contributed by atoms with Crippen LogP contribution >= 0.6 is 0 Å². The van der Waals surface area contributed by atoms with Gasteiger partial charge >= 0.3 is 11.9 Å². The number of carboxylic acid groups (broad SMARTS) is 1. The molecule has 2 rings (SSSR count). The van der Waals surface area contributed by atoms with Gasteiger partial charge in [0.15, 0.2) is 0 Å². The number of hydrogen-bond donors (Lipinski definition) is 1. The zero-order chi connectivity index (χ0) is 18.1. The largest absolute Gasteiger partial charge is 0.481 e. The van der Waals surface area contributed by atoms with Gasteiger partial charge in [0.2, 0.25) is 0 Å². The average molecular weight is 336 g/mol. The highest BCUT2D eigenvalue weighted by Crippen LogP contribution is 2.55. The monoisotopic (exact) mass is 336 g/mol. The molecule has 4 nitrogen and oxygen atoms in total. The quantitative estimate of drug-likeness (QED) is 0.595. The molecule has 0 aliphatic heterocycles. The molecule has 0 bridgehead atoms. The highest BCUT2D eigenvalue weighted by molar-refractivity contribution is 5.70.